The van der Waals surface area contributed by atoms with Crippen molar-refractivity contribution in [2.24, 2.45) is 0 Å². The van der Waals surface area contributed by atoms with Crippen LogP contribution in [0.15, 0.2) is 48.7 Å². The van der Waals surface area contributed by atoms with Gasteiger partial charge in [-0.3, -0.25) is 33.6 Å². The van der Waals surface area contributed by atoms with E-state index in [-0.39, 0.29) is 25.2 Å². The zero-order chi connectivity index (χ0) is 35.8. The van der Waals surface area contributed by atoms with E-state index in [0.717, 1.165) is 5.56 Å². The summed E-state index contributed by atoms with van der Waals surface area (Å²) >= 11 is 0. The Hall–Kier alpha value is -5.54. The number of nitrogens with zero attached hydrogens (tertiary/aromatic N) is 3. The van der Waals surface area contributed by atoms with Crippen LogP contribution in [0.2, 0.25) is 0 Å². The van der Waals surface area contributed by atoms with E-state index < -0.39 is 90.5 Å². The fraction of sp³-hybridized carbons (Fsp3) is 0.471. The van der Waals surface area contributed by atoms with E-state index in [1.54, 1.807) is 0 Å². The van der Waals surface area contributed by atoms with E-state index in [1.165, 1.54) is 35.1 Å². The number of benzene rings is 1. The number of carbonyl (C=O) groups is 7. The second kappa shape index (κ2) is 16.2. The summed E-state index contributed by atoms with van der Waals surface area (Å²) in [5, 5.41) is 20.3. The Bertz CT molecular complexity index is 1620. The van der Waals surface area contributed by atoms with Crippen LogP contribution < -0.4 is 21.3 Å². The lowest BCUT2D eigenvalue weighted by molar-refractivity contribution is -0.152. The van der Waals surface area contributed by atoms with Gasteiger partial charge < -0.3 is 40.9 Å². The van der Waals surface area contributed by atoms with Crippen LogP contribution in [0.5, 0.6) is 5.75 Å². The van der Waals surface area contributed by atoms with Crippen LogP contribution in [0, 0.1) is 0 Å². The maximum atomic E-state index is 14.1. The van der Waals surface area contributed by atoms with Crippen LogP contribution in [-0.2, 0) is 39.9 Å². The minimum absolute atomic E-state index is 0.139. The van der Waals surface area contributed by atoms with Crippen LogP contribution in [0.25, 0.3) is 0 Å². The Morgan fingerprint density at radius 2 is 1.58 bits per heavy atom. The number of hydrogen-bond donors (Lipinski definition) is 5. The molecule has 0 spiro atoms. The van der Waals surface area contributed by atoms with E-state index in [1.807, 2.05) is 30.3 Å². The summed E-state index contributed by atoms with van der Waals surface area (Å²) in [4.78, 5) is 101. The molecule has 5 N–H and O–H groups in total. The van der Waals surface area contributed by atoms with Gasteiger partial charge in [0.25, 0.3) is 5.91 Å². The molecule has 3 aliphatic rings. The summed E-state index contributed by atoms with van der Waals surface area (Å²) < 4.78 is 5.42. The number of cyclic esters (lactones) is 1. The highest BCUT2D eigenvalue weighted by molar-refractivity contribution is 5.99. The number of nitrogens with one attached hydrogen (secondary N) is 4. The molecule has 0 radical (unpaired) electrons. The summed E-state index contributed by atoms with van der Waals surface area (Å²) in [5.74, 6) is -5.41. The fourth-order valence-electron chi connectivity index (χ4n) is 6.47. The number of esters is 1. The molecule has 0 aliphatic carbocycles. The summed E-state index contributed by atoms with van der Waals surface area (Å²) in [6, 6.07) is 7.28. The summed E-state index contributed by atoms with van der Waals surface area (Å²) in [6.07, 6.45) is 2.53. The third kappa shape index (κ3) is 8.54. The molecule has 5 rings (SSSR count). The average Bonchev–Trinajstić information content (AvgIpc) is 3.62. The summed E-state index contributed by atoms with van der Waals surface area (Å²) in [7, 11) is 0. The average molecular weight is 692 g/mol. The molecule has 3 aliphatic heterocycles. The molecule has 1 aromatic heterocycles. The third-order valence-corrected chi connectivity index (χ3v) is 9.04. The lowest BCUT2D eigenvalue weighted by Gasteiger charge is -2.37. The van der Waals surface area contributed by atoms with Crippen molar-refractivity contribution in [1.82, 2.24) is 36.1 Å². The molecule has 16 nitrogen and oxygen atoms in total. The molecule has 6 amide bonds. The molecular weight excluding hydrogens is 650 g/mol. The molecule has 266 valence electrons. The van der Waals surface area contributed by atoms with Crippen LogP contribution >= 0.6 is 0 Å². The van der Waals surface area contributed by atoms with Gasteiger partial charge in [0, 0.05) is 25.7 Å². The molecule has 3 saturated heterocycles. The van der Waals surface area contributed by atoms with Gasteiger partial charge in [0.2, 0.25) is 29.5 Å². The van der Waals surface area contributed by atoms with E-state index in [0.29, 0.717) is 32.1 Å². The highest BCUT2D eigenvalue weighted by atomic mass is 16.5. The van der Waals surface area contributed by atoms with E-state index in [9.17, 15) is 38.7 Å². The molecule has 2 aromatic rings. The van der Waals surface area contributed by atoms with E-state index in [2.05, 4.69) is 26.3 Å². The molecule has 50 heavy (non-hydrogen) atoms. The van der Waals surface area contributed by atoms with Gasteiger partial charge in [-0.1, -0.05) is 30.3 Å². The zero-order valence-electron chi connectivity index (χ0n) is 27.6. The lowest BCUT2D eigenvalue weighted by Crippen LogP contribution is -2.60. The minimum Gasteiger partial charge on any atom is -0.505 e. The number of aromatic hydroxyl groups is 1. The van der Waals surface area contributed by atoms with Gasteiger partial charge in [-0.25, -0.2) is 4.98 Å². The van der Waals surface area contributed by atoms with Crippen molar-refractivity contribution in [2.45, 2.75) is 75.7 Å². The Morgan fingerprint density at radius 3 is 2.34 bits per heavy atom. The van der Waals surface area contributed by atoms with Gasteiger partial charge in [0.15, 0.2) is 5.69 Å². The van der Waals surface area contributed by atoms with Gasteiger partial charge in [-0.05, 0) is 56.7 Å². The highest BCUT2D eigenvalue weighted by Crippen LogP contribution is 2.22. The normalized spacial score (nSPS) is 25.8. The summed E-state index contributed by atoms with van der Waals surface area (Å²) in [6.45, 7) is 0.662. The molecular formula is C34H41N7O9. The SMILES string of the molecule is C[C@@H]1OC(=O)CNC(=O)[C@@H]2CCCCN2C(=O)[C@H](Cc2ccccc2)NC(=O)[C@@H]2CCCN2C(=O)CNC(=O)[C@H]1NC(=O)c1ncccc1O. The smallest absolute Gasteiger partial charge is 0.325 e. The predicted octanol–water partition coefficient (Wildman–Crippen LogP) is -0.837. The largest absolute Gasteiger partial charge is 0.505 e. The zero-order valence-corrected chi connectivity index (χ0v) is 27.6. The first kappa shape index (κ1) is 35.8. The van der Waals surface area contributed by atoms with Gasteiger partial charge in [-0.2, -0.15) is 0 Å². The Morgan fingerprint density at radius 1 is 0.880 bits per heavy atom. The maximum absolute atomic E-state index is 14.1. The van der Waals surface area contributed by atoms with Crippen molar-refractivity contribution < 1.29 is 43.4 Å². The second-order valence-electron chi connectivity index (χ2n) is 12.5. The number of pyridine rings is 1. The number of amides is 6. The number of carbonyl (C=O) groups excluding carboxylic acids is 7. The number of fused-ring (bicyclic) bond motifs is 2. The highest BCUT2D eigenvalue weighted by Gasteiger charge is 2.40. The maximum Gasteiger partial charge on any atom is 0.325 e. The number of piperidine rings is 1. The summed E-state index contributed by atoms with van der Waals surface area (Å²) in [5.41, 5.74) is 0.391. The van der Waals surface area contributed by atoms with E-state index >= 15 is 0 Å². The minimum atomic E-state index is -1.55. The molecule has 1 aromatic carbocycles. The Balaban J connectivity index is 1.43. The first-order valence-corrected chi connectivity index (χ1v) is 16.7. The van der Waals surface area contributed by atoms with E-state index in [4.69, 9.17) is 4.74 Å². The molecule has 5 atom stereocenters. The molecule has 3 fully saturated rings. The van der Waals surface area contributed by atoms with Crippen molar-refractivity contribution in [2.75, 3.05) is 26.2 Å². The molecule has 0 bridgehead atoms. The Kier molecular flexibility index (Phi) is 11.6. The van der Waals surface area contributed by atoms with Crippen molar-refractivity contribution >= 4 is 41.4 Å². The van der Waals surface area contributed by atoms with Gasteiger partial charge in [-0.15, -0.1) is 0 Å². The first-order chi connectivity index (χ1) is 24.0. The topological polar surface area (TPSA) is 216 Å². The molecule has 16 heteroatoms. The van der Waals surface area contributed by atoms with Crippen LogP contribution in [-0.4, -0.2) is 118 Å². The Labute approximate surface area is 288 Å². The van der Waals surface area contributed by atoms with Crippen LogP contribution in [0.3, 0.4) is 0 Å². The predicted molar refractivity (Wildman–Crippen MR) is 175 cm³/mol. The van der Waals surface area contributed by atoms with Gasteiger partial charge in [0.05, 0.1) is 6.54 Å². The molecule has 0 unspecified atom stereocenters. The standard InChI is InChI=1S/C34H41N7O9/c1-20-28(39-33(48)29-25(42)13-7-14-35-29)32(47)36-18-26(43)40-16-8-12-24(40)31(46)38-22(17-21-9-3-2-4-10-21)34(49)41-15-6-5-11-23(41)30(45)37-19-27(44)50-20/h2-4,7,9-10,13-14,20,22-24,28,42H,5-6,8,11-12,15-19H2,1H3,(H,36,47)(H,37,45)(H,38,46)(H,39,48)/t20-,22-,23-,24-,28-/m0/s1. The molecule has 0 saturated carbocycles. The van der Waals surface area contributed by atoms with Crippen molar-refractivity contribution in [3.8, 4) is 5.75 Å². The number of rotatable bonds is 4. The number of aromatic nitrogens is 1. The number of ether oxygens (including phenoxy) is 1. The lowest BCUT2D eigenvalue weighted by atomic mass is 9.97. The van der Waals surface area contributed by atoms with Crippen molar-refractivity contribution in [3.63, 3.8) is 0 Å². The fourth-order valence-corrected chi connectivity index (χ4v) is 6.47. The second-order valence-corrected chi connectivity index (χ2v) is 12.5. The third-order valence-electron chi connectivity index (χ3n) is 9.04. The monoisotopic (exact) mass is 691 g/mol. The van der Waals surface area contributed by atoms with Gasteiger partial charge in [0.1, 0.15) is 42.6 Å². The van der Waals surface area contributed by atoms with Crippen LogP contribution in [0.4, 0.5) is 0 Å². The van der Waals surface area contributed by atoms with Crippen LogP contribution in [0.1, 0.15) is 55.1 Å². The quantitative estimate of drug-likeness (QED) is 0.251. The number of hydrogen-bond acceptors (Lipinski definition) is 10. The van der Waals surface area contributed by atoms with Crippen molar-refractivity contribution in [1.29, 1.82) is 0 Å². The van der Waals surface area contributed by atoms with Crippen molar-refractivity contribution in [3.05, 3.63) is 59.9 Å². The molecule has 4 heterocycles. The van der Waals surface area contributed by atoms with Gasteiger partial charge >= 0.3 is 5.97 Å². The first-order valence-electron chi connectivity index (χ1n) is 16.7.